The molecule has 148 valence electrons. The zero-order valence-corrected chi connectivity index (χ0v) is 16.8. The fourth-order valence-electron chi connectivity index (χ4n) is 3.45. The summed E-state index contributed by atoms with van der Waals surface area (Å²) >= 11 is 7.62. The lowest BCUT2D eigenvalue weighted by Crippen LogP contribution is -2.24. The van der Waals surface area contributed by atoms with Crippen LogP contribution < -0.4 is 19.7 Å². The van der Waals surface area contributed by atoms with Crippen molar-refractivity contribution < 1.29 is 19.1 Å². The largest absolute Gasteiger partial charge is 0.486 e. The lowest BCUT2D eigenvalue weighted by Gasteiger charge is -2.18. The van der Waals surface area contributed by atoms with E-state index in [0.29, 0.717) is 59.1 Å². The fourth-order valence-corrected chi connectivity index (χ4v) is 4.54. The number of aromatic nitrogens is 1. The van der Waals surface area contributed by atoms with Gasteiger partial charge in [-0.15, -0.1) is 0 Å². The molecule has 1 N–H and O–H groups in total. The van der Waals surface area contributed by atoms with E-state index in [0.717, 1.165) is 16.6 Å². The smallest absolute Gasteiger partial charge is 0.257 e. The van der Waals surface area contributed by atoms with Gasteiger partial charge in [-0.3, -0.25) is 14.9 Å². The van der Waals surface area contributed by atoms with Crippen molar-refractivity contribution in [3.8, 4) is 11.5 Å². The van der Waals surface area contributed by atoms with Crippen LogP contribution in [0.2, 0.25) is 5.02 Å². The molecule has 1 fully saturated rings. The molecular weight excluding hydrogens is 414 g/mol. The van der Waals surface area contributed by atoms with E-state index in [1.807, 2.05) is 12.1 Å². The van der Waals surface area contributed by atoms with E-state index in [9.17, 15) is 9.59 Å². The molecule has 2 aliphatic rings. The number of fused-ring (bicyclic) bond motifs is 2. The summed E-state index contributed by atoms with van der Waals surface area (Å²) in [6.07, 6.45) is 1.28. The molecule has 0 saturated carbocycles. The van der Waals surface area contributed by atoms with Crippen LogP contribution in [0, 0.1) is 0 Å². The van der Waals surface area contributed by atoms with E-state index >= 15 is 0 Å². The van der Waals surface area contributed by atoms with Crippen molar-refractivity contribution in [3.05, 3.63) is 40.9 Å². The zero-order valence-electron chi connectivity index (χ0n) is 15.2. The van der Waals surface area contributed by atoms with E-state index < -0.39 is 0 Å². The normalized spacial score (nSPS) is 15.8. The average Bonchev–Trinajstić information content (AvgIpc) is 3.31. The van der Waals surface area contributed by atoms with Gasteiger partial charge >= 0.3 is 0 Å². The minimum absolute atomic E-state index is 0.0176. The lowest BCUT2D eigenvalue weighted by molar-refractivity contribution is -0.117. The number of anilines is 2. The van der Waals surface area contributed by atoms with Crippen molar-refractivity contribution in [2.45, 2.75) is 12.8 Å². The standard InChI is InChI=1S/C20H16ClN3O4S/c21-12-4-3-11(8-14(12)24-5-1-2-18(24)25)19(26)23-20-22-13-9-15-16(10-17(13)29-20)28-7-6-27-15/h3-4,8-10H,1-2,5-7H2,(H,22,23,26). The van der Waals surface area contributed by atoms with Crippen molar-refractivity contribution in [2.24, 2.45) is 0 Å². The van der Waals surface area contributed by atoms with Gasteiger partial charge in [0.25, 0.3) is 5.91 Å². The summed E-state index contributed by atoms with van der Waals surface area (Å²) < 4.78 is 12.1. The third-order valence-corrected chi connectivity index (χ3v) is 6.10. The number of nitrogens with one attached hydrogen (secondary N) is 1. The van der Waals surface area contributed by atoms with E-state index in [-0.39, 0.29) is 11.8 Å². The molecule has 5 rings (SSSR count). The number of nitrogens with zero attached hydrogens (tertiary/aromatic N) is 2. The molecule has 0 spiro atoms. The maximum absolute atomic E-state index is 12.8. The Labute approximate surface area is 175 Å². The number of carbonyl (C=O) groups excluding carboxylic acids is 2. The third-order valence-electron chi connectivity index (χ3n) is 4.85. The zero-order chi connectivity index (χ0) is 20.0. The number of thiazole rings is 1. The van der Waals surface area contributed by atoms with Gasteiger partial charge in [-0.05, 0) is 24.6 Å². The number of hydrogen-bond acceptors (Lipinski definition) is 6. The number of rotatable bonds is 3. The summed E-state index contributed by atoms with van der Waals surface area (Å²) in [5.74, 6) is 1.04. The highest BCUT2D eigenvalue weighted by atomic mass is 35.5. The summed E-state index contributed by atoms with van der Waals surface area (Å²) in [7, 11) is 0. The topological polar surface area (TPSA) is 80.8 Å². The van der Waals surface area contributed by atoms with Crippen LogP contribution in [0.1, 0.15) is 23.2 Å². The molecule has 29 heavy (non-hydrogen) atoms. The second-order valence-corrected chi connectivity index (χ2v) is 8.19. The van der Waals surface area contributed by atoms with Crippen LogP contribution in [0.25, 0.3) is 10.2 Å². The second-order valence-electron chi connectivity index (χ2n) is 6.75. The van der Waals surface area contributed by atoms with Crippen molar-refractivity contribution in [1.29, 1.82) is 0 Å². The Balaban J connectivity index is 1.41. The quantitative estimate of drug-likeness (QED) is 0.678. The Kier molecular flexibility index (Phi) is 4.52. The fraction of sp³-hybridized carbons (Fsp3) is 0.250. The highest BCUT2D eigenvalue weighted by Crippen LogP contribution is 2.38. The van der Waals surface area contributed by atoms with Crippen LogP contribution in [0.5, 0.6) is 11.5 Å². The number of benzene rings is 2. The maximum Gasteiger partial charge on any atom is 0.257 e. The van der Waals surface area contributed by atoms with Crippen LogP contribution in [-0.4, -0.2) is 36.6 Å². The predicted octanol–water partition coefficient (Wildman–Crippen LogP) is 4.10. The predicted molar refractivity (Wildman–Crippen MR) is 112 cm³/mol. The van der Waals surface area contributed by atoms with Gasteiger partial charge in [-0.25, -0.2) is 4.98 Å². The number of halogens is 1. The molecule has 2 amide bonds. The van der Waals surface area contributed by atoms with E-state index in [2.05, 4.69) is 10.3 Å². The van der Waals surface area contributed by atoms with Gasteiger partial charge in [0.2, 0.25) is 5.91 Å². The first-order valence-corrected chi connectivity index (χ1v) is 10.4. The van der Waals surface area contributed by atoms with Gasteiger partial charge in [0, 0.05) is 30.7 Å². The minimum atomic E-state index is -0.314. The number of amides is 2. The molecule has 2 aliphatic heterocycles. The summed E-state index contributed by atoms with van der Waals surface area (Å²) in [5, 5.41) is 3.75. The molecule has 0 bridgehead atoms. The molecular formula is C20H16ClN3O4S. The third kappa shape index (κ3) is 3.38. The first-order chi connectivity index (χ1) is 14.1. The Hall–Kier alpha value is -2.84. The Morgan fingerprint density at radius 1 is 1.17 bits per heavy atom. The van der Waals surface area contributed by atoms with Gasteiger partial charge in [0.05, 0.1) is 20.9 Å². The molecule has 2 aromatic carbocycles. The van der Waals surface area contributed by atoms with E-state index in [1.165, 1.54) is 11.3 Å². The van der Waals surface area contributed by atoms with E-state index in [1.54, 1.807) is 23.1 Å². The molecule has 1 aromatic heterocycles. The van der Waals surface area contributed by atoms with Gasteiger partial charge in [0.1, 0.15) is 13.2 Å². The molecule has 9 heteroatoms. The molecule has 3 aromatic rings. The van der Waals surface area contributed by atoms with Crippen molar-refractivity contribution in [3.63, 3.8) is 0 Å². The monoisotopic (exact) mass is 429 g/mol. The average molecular weight is 430 g/mol. The molecule has 1 saturated heterocycles. The SMILES string of the molecule is O=C(Nc1nc2cc3c(cc2s1)OCCO3)c1ccc(Cl)c(N2CCCC2=O)c1. The van der Waals surface area contributed by atoms with Crippen LogP contribution in [-0.2, 0) is 4.79 Å². The lowest BCUT2D eigenvalue weighted by atomic mass is 10.1. The Bertz CT molecular complexity index is 1100. The molecule has 3 heterocycles. The maximum atomic E-state index is 12.8. The van der Waals surface area contributed by atoms with Gasteiger partial charge in [-0.1, -0.05) is 22.9 Å². The minimum Gasteiger partial charge on any atom is -0.486 e. The van der Waals surface area contributed by atoms with E-state index in [4.69, 9.17) is 21.1 Å². The summed E-state index contributed by atoms with van der Waals surface area (Å²) in [6.45, 7) is 1.63. The van der Waals surface area contributed by atoms with Gasteiger partial charge in [0.15, 0.2) is 16.6 Å². The molecule has 0 unspecified atom stereocenters. The summed E-state index contributed by atoms with van der Waals surface area (Å²) in [6, 6.07) is 8.61. The molecule has 0 atom stereocenters. The highest BCUT2D eigenvalue weighted by molar-refractivity contribution is 7.22. The first kappa shape index (κ1) is 18.2. The number of carbonyl (C=O) groups is 2. The van der Waals surface area contributed by atoms with Crippen LogP contribution >= 0.6 is 22.9 Å². The Morgan fingerprint density at radius 3 is 2.72 bits per heavy atom. The second kappa shape index (κ2) is 7.20. The van der Waals surface area contributed by atoms with Crippen molar-refractivity contribution in [2.75, 3.05) is 30.0 Å². The van der Waals surface area contributed by atoms with Crippen LogP contribution in [0.3, 0.4) is 0 Å². The van der Waals surface area contributed by atoms with Crippen LogP contribution in [0.4, 0.5) is 10.8 Å². The number of hydrogen-bond donors (Lipinski definition) is 1. The first-order valence-electron chi connectivity index (χ1n) is 9.20. The molecule has 0 aliphatic carbocycles. The summed E-state index contributed by atoms with van der Waals surface area (Å²) in [5.41, 5.74) is 1.71. The highest BCUT2D eigenvalue weighted by Gasteiger charge is 2.25. The Morgan fingerprint density at radius 2 is 1.97 bits per heavy atom. The molecule has 0 radical (unpaired) electrons. The van der Waals surface area contributed by atoms with Crippen LogP contribution in [0.15, 0.2) is 30.3 Å². The van der Waals surface area contributed by atoms with Gasteiger partial charge < -0.3 is 14.4 Å². The molecule has 7 nitrogen and oxygen atoms in total. The van der Waals surface area contributed by atoms with Crippen molar-refractivity contribution in [1.82, 2.24) is 4.98 Å². The van der Waals surface area contributed by atoms with Crippen molar-refractivity contribution >= 4 is 55.8 Å². The van der Waals surface area contributed by atoms with Gasteiger partial charge in [-0.2, -0.15) is 0 Å². The number of ether oxygens (including phenoxy) is 2. The summed E-state index contributed by atoms with van der Waals surface area (Å²) in [4.78, 5) is 30.9.